The minimum Gasteiger partial charge on any atom is -0.463 e. The van der Waals surface area contributed by atoms with Crippen molar-refractivity contribution in [3.63, 3.8) is 0 Å². The van der Waals surface area contributed by atoms with Crippen LogP contribution in [0.2, 0.25) is 10.0 Å². The number of nitrogens with one attached hydrogen (secondary N) is 1. The number of halogens is 2. The molecule has 2 aromatic rings. The quantitative estimate of drug-likeness (QED) is 0.621. The van der Waals surface area contributed by atoms with E-state index in [2.05, 4.69) is 20.4 Å². The Morgan fingerprint density at radius 3 is 2.38 bits per heavy atom. The first-order valence-electron chi connectivity index (χ1n) is 6.10. The van der Waals surface area contributed by atoms with Gasteiger partial charge in [0, 0.05) is 10.0 Å². The highest BCUT2D eigenvalue weighted by molar-refractivity contribution is 6.34. The highest BCUT2D eigenvalue weighted by Crippen LogP contribution is 2.27. The molecule has 7 nitrogen and oxygen atoms in total. The van der Waals surface area contributed by atoms with Crippen LogP contribution >= 0.6 is 23.2 Å². The minimum atomic E-state index is 0.0161. The first-order valence-corrected chi connectivity index (χ1v) is 6.85. The summed E-state index contributed by atoms with van der Waals surface area (Å²) in [4.78, 5) is 11.9. The van der Waals surface area contributed by atoms with E-state index in [4.69, 9.17) is 38.5 Å². The molecule has 21 heavy (non-hydrogen) atoms. The van der Waals surface area contributed by atoms with Gasteiger partial charge in [0.2, 0.25) is 5.95 Å². The molecule has 0 fully saturated rings. The number of benzene rings is 1. The fourth-order valence-corrected chi connectivity index (χ4v) is 1.90. The summed E-state index contributed by atoms with van der Waals surface area (Å²) in [6, 6.07) is 4.88. The molecule has 112 valence electrons. The number of ether oxygens (including phenoxy) is 2. The van der Waals surface area contributed by atoms with Crippen LogP contribution in [0.1, 0.15) is 13.3 Å². The van der Waals surface area contributed by atoms with Crippen molar-refractivity contribution in [3.8, 4) is 17.8 Å². The second kappa shape index (κ2) is 7.26. The molecule has 0 radical (unpaired) electrons. The number of nitrogen functional groups attached to an aromatic ring is 1. The van der Waals surface area contributed by atoms with E-state index < -0.39 is 0 Å². The van der Waals surface area contributed by atoms with Crippen molar-refractivity contribution in [2.24, 2.45) is 5.84 Å². The van der Waals surface area contributed by atoms with E-state index >= 15 is 0 Å². The van der Waals surface area contributed by atoms with Gasteiger partial charge in [-0.25, -0.2) is 5.84 Å². The third-order valence-corrected chi connectivity index (χ3v) is 2.64. The van der Waals surface area contributed by atoms with Crippen molar-refractivity contribution in [1.29, 1.82) is 0 Å². The molecule has 0 saturated heterocycles. The van der Waals surface area contributed by atoms with Crippen molar-refractivity contribution < 1.29 is 9.47 Å². The lowest BCUT2D eigenvalue weighted by atomic mass is 10.3. The minimum absolute atomic E-state index is 0.0161. The van der Waals surface area contributed by atoms with Crippen LogP contribution in [0.5, 0.6) is 17.8 Å². The summed E-state index contributed by atoms with van der Waals surface area (Å²) < 4.78 is 10.8. The lowest BCUT2D eigenvalue weighted by Gasteiger charge is -2.08. The Morgan fingerprint density at radius 1 is 1.10 bits per heavy atom. The molecular formula is C12H13Cl2N5O2. The average Bonchev–Trinajstić information content (AvgIpc) is 2.43. The smallest absolute Gasteiger partial charge is 0.330 e. The second-order valence-corrected chi connectivity index (χ2v) is 4.80. The summed E-state index contributed by atoms with van der Waals surface area (Å²) in [6.07, 6.45) is 0.817. The predicted octanol–water partition coefficient (Wildman–Crippen LogP) is 3.05. The van der Waals surface area contributed by atoms with Gasteiger partial charge in [0.05, 0.1) is 6.61 Å². The average molecular weight is 330 g/mol. The SMILES string of the molecule is CCCOc1nc(NN)nc(Oc2cc(Cl)cc(Cl)c2)n1. The standard InChI is InChI=1S/C12H13Cl2N5O2/c1-2-3-20-11-16-10(19-15)17-12(18-11)21-9-5-7(13)4-8(14)6-9/h4-6H,2-3,15H2,1H3,(H,16,17,18,19). The highest BCUT2D eigenvalue weighted by Gasteiger charge is 2.10. The van der Waals surface area contributed by atoms with Crippen LogP contribution in [0.25, 0.3) is 0 Å². The van der Waals surface area contributed by atoms with Gasteiger partial charge >= 0.3 is 12.0 Å². The molecule has 0 aliphatic heterocycles. The molecule has 0 saturated carbocycles. The van der Waals surface area contributed by atoms with Crippen molar-refractivity contribution >= 4 is 29.2 Å². The lowest BCUT2D eigenvalue weighted by molar-refractivity contribution is 0.285. The van der Waals surface area contributed by atoms with Crippen LogP contribution in [0.4, 0.5) is 5.95 Å². The summed E-state index contributed by atoms with van der Waals surface area (Å²) in [5, 5.41) is 0.873. The molecule has 0 aliphatic rings. The van der Waals surface area contributed by atoms with E-state index in [1.54, 1.807) is 18.2 Å². The largest absolute Gasteiger partial charge is 0.463 e. The van der Waals surface area contributed by atoms with E-state index in [0.29, 0.717) is 22.4 Å². The van der Waals surface area contributed by atoms with E-state index in [9.17, 15) is 0 Å². The summed E-state index contributed by atoms with van der Waals surface area (Å²) >= 11 is 11.8. The zero-order valence-electron chi connectivity index (χ0n) is 11.1. The summed E-state index contributed by atoms with van der Waals surface area (Å²) in [6.45, 7) is 2.44. The second-order valence-electron chi connectivity index (χ2n) is 3.92. The molecule has 0 spiro atoms. The zero-order chi connectivity index (χ0) is 15.2. The number of hydrazine groups is 1. The Kier molecular flexibility index (Phi) is 5.38. The summed E-state index contributed by atoms with van der Waals surface area (Å²) in [5.41, 5.74) is 2.32. The molecule has 0 aliphatic carbocycles. The van der Waals surface area contributed by atoms with Gasteiger partial charge in [-0.05, 0) is 24.6 Å². The molecule has 0 unspecified atom stereocenters. The van der Waals surface area contributed by atoms with Crippen LogP contribution in [-0.4, -0.2) is 21.6 Å². The summed E-state index contributed by atoms with van der Waals surface area (Å²) in [5.74, 6) is 5.82. The maximum Gasteiger partial charge on any atom is 0.330 e. The van der Waals surface area contributed by atoms with Crippen LogP contribution in [0.3, 0.4) is 0 Å². The van der Waals surface area contributed by atoms with Gasteiger partial charge in [0.1, 0.15) is 5.75 Å². The van der Waals surface area contributed by atoms with E-state index in [0.717, 1.165) is 6.42 Å². The predicted molar refractivity (Wildman–Crippen MR) is 80.0 cm³/mol. The zero-order valence-corrected chi connectivity index (χ0v) is 12.6. The van der Waals surface area contributed by atoms with Gasteiger partial charge in [-0.2, -0.15) is 9.97 Å². The maximum absolute atomic E-state index is 5.90. The monoisotopic (exact) mass is 329 g/mol. The third kappa shape index (κ3) is 4.59. The molecule has 3 N–H and O–H groups in total. The van der Waals surface area contributed by atoms with Crippen LogP contribution in [0.15, 0.2) is 18.2 Å². The molecule has 0 bridgehead atoms. The first kappa shape index (κ1) is 15.6. The van der Waals surface area contributed by atoms with E-state index in [-0.39, 0.29) is 18.0 Å². The van der Waals surface area contributed by atoms with Crippen molar-refractivity contribution in [3.05, 3.63) is 28.2 Å². The third-order valence-electron chi connectivity index (χ3n) is 2.20. The van der Waals surface area contributed by atoms with E-state index in [1.807, 2.05) is 6.92 Å². The fraction of sp³-hybridized carbons (Fsp3) is 0.250. The van der Waals surface area contributed by atoms with Crippen molar-refractivity contribution in [2.45, 2.75) is 13.3 Å². The van der Waals surface area contributed by atoms with Gasteiger partial charge < -0.3 is 9.47 Å². The molecule has 9 heteroatoms. The molecule has 0 amide bonds. The Morgan fingerprint density at radius 2 is 1.76 bits per heavy atom. The molecule has 2 rings (SSSR count). The number of nitrogens with zero attached hydrogens (tertiary/aromatic N) is 3. The van der Waals surface area contributed by atoms with Gasteiger partial charge in [0.15, 0.2) is 0 Å². The van der Waals surface area contributed by atoms with Gasteiger partial charge in [-0.15, -0.1) is 4.98 Å². The Balaban J connectivity index is 2.25. The molecular weight excluding hydrogens is 317 g/mol. The Bertz CT molecular complexity index is 606. The molecule has 0 atom stereocenters. The Labute approximate surface area is 131 Å². The number of rotatable bonds is 6. The van der Waals surface area contributed by atoms with E-state index in [1.165, 1.54) is 0 Å². The van der Waals surface area contributed by atoms with Crippen LogP contribution in [-0.2, 0) is 0 Å². The maximum atomic E-state index is 5.90. The molecule has 1 heterocycles. The van der Waals surface area contributed by atoms with Crippen LogP contribution < -0.4 is 20.7 Å². The highest BCUT2D eigenvalue weighted by atomic mass is 35.5. The molecule has 1 aromatic carbocycles. The van der Waals surface area contributed by atoms with Gasteiger partial charge in [0.25, 0.3) is 0 Å². The van der Waals surface area contributed by atoms with Gasteiger partial charge in [-0.3, -0.25) is 5.43 Å². The summed E-state index contributed by atoms with van der Waals surface area (Å²) in [7, 11) is 0. The number of hydrogen-bond acceptors (Lipinski definition) is 7. The number of anilines is 1. The normalized spacial score (nSPS) is 10.3. The Hall–Kier alpha value is -1.83. The number of nitrogens with two attached hydrogens (primary N) is 1. The number of hydrogen-bond donors (Lipinski definition) is 2. The lowest BCUT2D eigenvalue weighted by Crippen LogP contribution is -2.13. The van der Waals surface area contributed by atoms with Crippen molar-refractivity contribution in [1.82, 2.24) is 15.0 Å². The van der Waals surface area contributed by atoms with Gasteiger partial charge in [-0.1, -0.05) is 30.1 Å². The fourth-order valence-electron chi connectivity index (χ4n) is 1.40. The molecule has 1 aromatic heterocycles. The van der Waals surface area contributed by atoms with Crippen molar-refractivity contribution in [2.75, 3.05) is 12.0 Å². The number of aromatic nitrogens is 3. The van der Waals surface area contributed by atoms with Crippen LogP contribution in [0, 0.1) is 0 Å². The topological polar surface area (TPSA) is 95.2 Å². The first-order chi connectivity index (χ1) is 10.1.